The molecule has 1 aliphatic heterocycles. The van der Waals surface area contributed by atoms with Crippen molar-refractivity contribution in [3.63, 3.8) is 0 Å². The van der Waals surface area contributed by atoms with E-state index in [-0.39, 0.29) is 24.6 Å². The Hall–Kier alpha value is -2.28. The number of fused-ring (bicyclic) bond motifs is 1. The number of carbonyl (C=O) groups excluding carboxylic acids is 1. The predicted molar refractivity (Wildman–Crippen MR) is 112 cm³/mol. The molecule has 0 aliphatic carbocycles. The first-order valence-electron chi connectivity index (χ1n) is 10.1. The van der Waals surface area contributed by atoms with Crippen LogP contribution >= 0.6 is 0 Å². The van der Waals surface area contributed by atoms with Crippen LogP contribution in [0.5, 0.6) is 5.75 Å². The molecule has 156 valence electrons. The van der Waals surface area contributed by atoms with Crippen LogP contribution in [0.3, 0.4) is 0 Å². The summed E-state index contributed by atoms with van der Waals surface area (Å²) in [5, 5.41) is 6.82. The fourth-order valence-corrected chi connectivity index (χ4v) is 2.85. The number of rotatable bonds is 9. The summed E-state index contributed by atoms with van der Waals surface area (Å²) in [7, 11) is 3.48. The Balaban J connectivity index is 1.94. The second-order valence-corrected chi connectivity index (χ2v) is 7.38. The van der Waals surface area contributed by atoms with Gasteiger partial charge in [0.15, 0.2) is 5.96 Å². The Labute approximate surface area is 168 Å². The number of guanidine groups is 1. The van der Waals surface area contributed by atoms with Crippen molar-refractivity contribution in [1.82, 2.24) is 15.5 Å². The average Bonchev–Trinajstić information content (AvgIpc) is 2.68. The lowest BCUT2D eigenvalue weighted by atomic mass is 10.0. The fourth-order valence-electron chi connectivity index (χ4n) is 2.85. The summed E-state index contributed by atoms with van der Waals surface area (Å²) >= 11 is 0. The summed E-state index contributed by atoms with van der Waals surface area (Å²) in [6.07, 6.45) is 3.06. The van der Waals surface area contributed by atoms with Gasteiger partial charge in [-0.25, -0.2) is 4.99 Å². The molecule has 28 heavy (non-hydrogen) atoms. The Morgan fingerprint density at radius 2 is 2.11 bits per heavy atom. The molecule has 0 saturated carbocycles. The molecule has 1 aromatic carbocycles. The highest BCUT2D eigenvalue weighted by atomic mass is 16.5. The highest BCUT2D eigenvalue weighted by molar-refractivity contribution is 5.85. The monoisotopic (exact) mass is 390 g/mol. The van der Waals surface area contributed by atoms with Gasteiger partial charge in [-0.05, 0) is 32.8 Å². The Morgan fingerprint density at radius 3 is 2.86 bits per heavy atom. The zero-order valence-corrected chi connectivity index (χ0v) is 17.5. The predicted octanol–water partition coefficient (Wildman–Crippen LogP) is 2.34. The maximum Gasteiger partial charge on any atom is 0.243 e. The number of hydrogen-bond acceptors (Lipinski definition) is 4. The van der Waals surface area contributed by atoms with Gasteiger partial charge in [0.25, 0.3) is 0 Å². The third kappa shape index (κ3) is 7.38. The van der Waals surface area contributed by atoms with Crippen LogP contribution < -0.4 is 15.4 Å². The molecule has 7 heteroatoms. The highest BCUT2D eigenvalue weighted by Gasteiger charge is 2.22. The summed E-state index contributed by atoms with van der Waals surface area (Å²) in [6.45, 7) is 6.38. The zero-order chi connectivity index (χ0) is 20.4. The molecule has 1 amide bonds. The summed E-state index contributed by atoms with van der Waals surface area (Å²) in [5.41, 5.74) is 1.12. The molecule has 2 N–H and O–H groups in total. The summed E-state index contributed by atoms with van der Waals surface area (Å²) in [5.74, 6) is 1.53. The van der Waals surface area contributed by atoms with E-state index in [1.54, 1.807) is 19.0 Å². The van der Waals surface area contributed by atoms with Crippen molar-refractivity contribution in [2.75, 3.05) is 40.4 Å². The molecule has 7 nitrogen and oxygen atoms in total. The van der Waals surface area contributed by atoms with Gasteiger partial charge in [-0.15, -0.1) is 0 Å². The van der Waals surface area contributed by atoms with E-state index in [4.69, 9.17) is 9.47 Å². The van der Waals surface area contributed by atoms with Crippen molar-refractivity contribution < 1.29 is 14.3 Å². The number of unbranched alkanes of at least 4 members (excludes halogenated alkanes) is 1. The summed E-state index contributed by atoms with van der Waals surface area (Å²) < 4.78 is 11.3. The van der Waals surface area contributed by atoms with E-state index in [0.717, 1.165) is 43.7 Å². The fraction of sp³-hybridized carbons (Fsp3) is 0.619. The molecule has 1 unspecified atom stereocenters. The number of hydrogen-bond donors (Lipinski definition) is 2. The smallest absolute Gasteiger partial charge is 0.243 e. The number of ether oxygens (including phenoxy) is 2. The molecular formula is C21H34N4O3. The number of nitrogens with zero attached hydrogens (tertiary/aromatic N) is 2. The Kier molecular flexibility index (Phi) is 9.07. The first-order chi connectivity index (χ1) is 13.5. The summed E-state index contributed by atoms with van der Waals surface area (Å²) in [6, 6.07) is 8.14. The van der Waals surface area contributed by atoms with Gasteiger partial charge in [0.1, 0.15) is 12.3 Å². The van der Waals surface area contributed by atoms with Crippen molar-refractivity contribution in [1.29, 1.82) is 0 Å². The molecule has 0 radical (unpaired) electrons. The van der Waals surface area contributed by atoms with E-state index in [1.807, 2.05) is 32.0 Å². The van der Waals surface area contributed by atoms with Crippen LogP contribution in [0, 0.1) is 0 Å². The molecule has 0 bridgehead atoms. The molecular weight excluding hydrogens is 356 g/mol. The van der Waals surface area contributed by atoms with E-state index in [0.29, 0.717) is 12.6 Å². The lowest BCUT2D eigenvalue weighted by Crippen LogP contribution is -2.42. The molecule has 1 heterocycles. The van der Waals surface area contributed by atoms with E-state index < -0.39 is 0 Å². The van der Waals surface area contributed by atoms with Crippen LogP contribution in [-0.4, -0.2) is 63.3 Å². The minimum Gasteiger partial charge on any atom is -0.493 e. The molecule has 1 aliphatic rings. The van der Waals surface area contributed by atoms with Crippen LogP contribution in [0.2, 0.25) is 0 Å². The van der Waals surface area contributed by atoms with E-state index in [9.17, 15) is 4.79 Å². The molecule has 0 spiro atoms. The SMILES string of the molecule is CC(C)OCCCCNC(=NCC(=O)N(C)C)NC1CCOc2ccccc21. The average molecular weight is 391 g/mol. The van der Waals surface area contributed by atoms with Gasteiger partial charge >= 0.3 is 0 Å². The number of nitrogens with one attached hydrogen (secondary N) is 2. The maximum atomic E-state index is 11.9. The largest absolute Gasteiger partial charge is 0.493 e. The van der Waals surface area contributed by atoms with Gasteiger partial charge in [-0.1, -0.05) is 18.2 Å². The van der Waals surface area contributed by atoms with Gasteiger partial charge in [-0.2, -0.15) is 0 Å². The highest BCUT2D eigenvalue weighted by Crippen LogP contribution is 2.31. The van der Waals surface area contributed by atoms with Crippen LogP contribution in [-0.2, 0) is 9.53 Å². The number of likely N-dealkylation sites (N-methyl/N-ethyl adjacent to an activating group) is 1. The van der Waals surface area contributed by atoms with Crippen molar-refractivity contribution in [2.45, 2.75) is 45.3 Å². The van der Waals surface area contributed by atoms with Gasteiger partial charge in [0.05, 0.1) is 18.8 Å². The Bertz CT molecular complexity index is 646. The first-order valence-corrected chi connectivity index (χ1v) is 10.1. The zero-order valence-electron chi connectivity index (χ0n) is 17.5. The van der Waals surface area contributed by atoms with E-state index in [2.05, 4.69) is 21.7 Å². The van der Waals surface area contributed by atoms with Gasteiger partial charge in [0.2, 0.25) is 5.91 Å². The standard InChI is InChI=1S/C21H34N4O3/c1-16(2)27-13-8-7-12-22-21(23-15-20(26)25(3)4)24-18-11-14-28-19-10-6-5-9-17(18)19/h5-6,9-10,16,18H,7-8,11-15H2,1-4H3,(H2,22,23,24). The van der Waals surface area contributed by atoms with Gasteiger partial charge < -0.3 is 25.0 Å². The van der Waals surface area contributed by atoms with Crippen LogP contribution in [0.1, 0.15) is 44.7 Å². The lowest BCUT2D eigenvalue weighted by molar-refractivity contribution is -0.127. The third-order valence-corrected chi connectivity index (χ3v) is 4.46. The minimum absolute atomic E-state index is 0.0289. The van der Waals surface area contributed by atoms with Crippen LogP contribution in [0.25, 0.3) is 0 Å². The molecule has 0 saturated heterocycles. The lowest BCUT2D eigenvalue weighted by Gasteiger charge is -2.28. The van der Waals surface area contributed by atoms with Crippen LogP contribution in [0.4, 0.5) is 0 Å². The van der Waals surface area contributed by atoms with Crippen molar-refractivity contribution >= 4 is 11.9 Å². The van der Waals surface area contributed by atoms with Crippen molar-refractivity contribution in [3.05, 3.63) is 29.8 Å². The molecule has 0 aromatic heterocycles. The number of benzene rings is 1. The third-order valence-electron chi connectivity index (χ3n) is 4.46. The number of para-hydroxylation sites is 1. The van der Waals surface area contributed by atoms with E-state index in [1.165, 1.54) is 0 Å². The molecule has 2 rings (SSSR count). The van der Waals surface area contributed by atoms with Gasteiger partial charge in [0, 0.05) is 39.2 Å². The number of amides is 1. The second-order valence-electron chi connectivity index (χ2n) is 7.38. The molecule has 1 aromatic rings. The van der Waals surface area contributed by atoms with Crippen molar-refractivity contribution in [3.8, 4) is 5.75 Å². The normalized spacial score (nSPS) is 16.3. The number of aliphatic imine (C=N–C) groups is 1. The summed E-state index contributed by atoms with van der Waals surface area (Å²) in [4.78, 5) is 18.0. The Morgan fingerprint density at radius 1 is 1.32 bits per heavy atom. The van der Waals surface area contributed by atoms with Crippen molar-refractivity contribution in [2.24, 2.45) is 4.99 Å². The first kappa shape index (κ1) is 22.0. The number of carbonyl (C=O) groups is 1. The van der Waals surface area contributed by atoms with E-state index >= 15 is 0 Å². The maximum absolute atomic E-state index is 11.9. The van der Waals surface area contributed by atoms with Crippen LogP contribution in [0.15, 0.2) is 29.3 Å². The molecule has 1 atom stereocenters. The minimum atomic E-state index is -0.0289. The second kappa shape index (κ2) is 11.5. The quantitative estimate of drug-likeness (QED) is 0.385. The van der Waals surface area contributed by atoms with Gasteiger partial charge in [-0.3, -0.25) is 4.79 Å². The topological polar surface area (TPSA) is 75.2 Å². The molecule has 0 fully saturated rings.